The molecule has 4 heteroatoms. The summed E-state index contributed by atoms with van der Waals surface area (Å²) in [5.74, 6) is -1.07. The molecule has 0 saturated heterocycles. The lowest BCUT2D eigenvalue weighted by Crippen LogP contribution is -2.16. The summed E-state index contributed by atoms with van der Waals surface area (Å²) in [4.78, 5) is 0. The van der Waals surface area contributed by atoms with E-state index in [0.29, 0.717) is 0 Å². The van der Waals surface area contributed by atoms with E-state index >= 15 is 0 Å². The number of nitrogens with two attached hydrogens (primary N) is 1. The molecule has 1 aliphatic carbocycles. The number of halogens is 3. The highest BCUT2D eigenvalue weighted by atomic mass is 35.5. The highest BCUT2D eigenvalue weighted by molar-refractivity contribution is 6.30. The summed E-state index contributed by atoms with van der Waals surface area (Å²) < 4.78 is 26.7. The van der Waals surface area contributed by atoms with E-state index in [4.69, 9.17) is 17.3 Å². The summed E-state index contributed by atoms with van der Waals surface area (Å²) in [5.41, 5.74) is 5.70. The Labute approximate surface area is 85.9 Å². The fourth-order valence-electron chi connectivity index (χ4n) is 1.56. The fourth-order valence-corrected chi connectivity index (χ4v) is 1.75. The first kappa shape index (κ1) is 9.87. The third-order valence-corrected chi connectivity index (χ3v) is 2.73. The van der Waals surface area contributed by atoms with Gasteiger partial charge in [0, 0.05) is 16.6 Å². The molecule has 1 fully saturated rings. The molecule has 0 aromatic heterocycles. The van der Waals surface area contributed by atoms with Crippen molar-refractivity contribution in [2.45, 2.75) is 18.9 Å². The molecule has 0 unspecified atom stereocenters. The molecule has 14 heavy (non-hydrogen) atoms. The van der Waals surface area contributed by atoms with Crippen LogP contribution in [0, 0.1) is 17.6 Å². The van der Waals surface area contributed by atoms with Crippen molar-refractivity contribution in [2.24, 2.45) is 11.7 Å². The second kappa shape index (κ2) is 3.48. The predicted octanol–water partition coefficient (Wildman–Crippen LogP) is 3.03. The first-order valence-electron chi connectivity index (χ1n) is 4.49. The van der Waals surface area contributed by atoms with Crippen LogP contribution >= 0.6 is 11.6 Å². The molecule has 2 rings (SSSR count). The summed E-state index contributed by atoms with van der Waals surface area (Å²) in [7, 11) is 0. The van der Waals surface area contributed by atoms with Gasteiger partial charge >= 0.3 is 0 Å². The van der Waals surface area contributed by atoms with Gasteiger partial charge in [-0.05, 0) is 30.9 Å². The van der Waals surface area contributed by atoms with Gasteiger partial charge in [-0.25, -0.2) is 8.78 Å². The Morgan fingerprint density at radius 1 is 1.29 bits per heavy atom. The molecule has 0 spiro atoms. The van der Waals surface area contributed by atoms with E-state index in [1.54, 1.807) is 0 Å². The van der Waals surface area contributed by atoms with Crippen molar-refractivity contribution >= 4 is 11.6 Å². The maximum Gasteiger partial charge on any atom is 0.132 e. The van der Waals surface area contributed by atoms with E-state index in [2.05, 4.69) is 0 Å². The van der Waals surface area contributed by atoms with Gasteiger partial charge in [0.1, 0.15) is 11.6 Å². The Hall–Kier alpha value is -0.670. The number of hydrogen-bond donors (Lipinski definition) is 1. The lowest BCUT2D eigenvalue weighted by Gasteiger charge is -2.12. The number of benzene rings is 1. The van der Waals surface area contributed by atoms with Crippen LogP contribution in [0.1, 0.15) is 24.4 Å². The molecular weight excluding hydrogens is 208 g/mol. The molecule has 1 saturated carbocycles. The van der Waals surface area contributed by atoms with Gasteiger partial charge in [0.05, 0.1) is 0 Å². The summed E-state index contributed by atoms with van der Waals surface area (Å²) in [5, 5.41) is 0.0618. The maximum atomic E-state index is 13.3. The van der Waals surface area contributed by atoms with Gasteiger partial charge in [-0.1, -0.05) is 11.6 Å². The van der Waals surface area contributed by atoms with E-state index < -0.39 is 17.7 Å². The molecule has 0 radical (unpaired) electrons. The molecule has 1 aliphatic rings. The molecule has 1 atom stereocenters. The minimum atomic E-state index is -0.644. The van der Waals surface area contributed by atoms with Crippen molar-refractivity contribution in [3.8, 4) is 0 Å². The Balaban J connectivity index is 2.40. The van der Waals surface area contributed by atoms with Crippen molar-refractivity contribution in [1.82, 2.24) is 0 Å². The SMILES string of the molecule is N[C@H](c1c(F)cc(Cl)cc1F)C1CC1. The van der Waals surface area contributed by atoms with Crippen LogP contribution in [0.15, 0.2) is 12.1 Å². The zero-order chi connectivity index (χ0) is 10.3. The zero-order valence-corrected chi connectivity index (χ0v) is 8.19. The van der Waals surface area contributed by atoms with Crippen LogP contribution in [0.2, 0.25) is 5.02 Å². The normalized spacial score (nSPS) is 18.3. The smallest absolute Gasteiger partial charge is 0.132 e. The minimum Gasteiger partial charge on any atom is -0.324 e. The van der Waals surface area contributed by atoms with E-state index in [1.807, 2.05) is 0 Å². The highest BCUT2D eigenvalue weighted by Crippen LogP contribution is 2.41. The van der Waals surface area contributed by atoms with Crippen molar-refractivity contribution in [2.75, 3.05) is 0 Å². The van der Waals surface area contributed by atoms with Crippen LogP contribution in [0.4, 0.5) is 8.78 Å². The quantitative estimate of drug-likeness (QED) is 0.810. The van der Waals surface area contributed by atoms with Crippen LogP contribution < -0.4 is 5.73 Å². The molecule has 1 aromatic carbocycles. The van der Waals surface area contributed by atoms with Crippen molar-refractivity contribution in [3.63, 3.8) is 0 Å². The van der Waals surface area contributed by atoms with E-state index in [0.717, 1.165) is 25.0 Å². The Morgan fingerprint density at radius 3 is 2.21 bits per heavy atom. The second-order valence-electron chi connectivity index (χ2n) is 3.65. The van der Waals surface area contributed by atoms with Gasteiger partial charge in [-0.15, -0.1) is 0 Å². The van der Waals surface area contributed by atoms with Crippen molar-refractivity contribution in [1.29, 1.82) is 0 Å². The molecule has 0 heterocycles. The highest BCUT2D eigenvalue weighted by Gasteiger charge is 2.33. The summed E-state index contributed by atoms with van der Waals surface area (Å²) >= 11 is 5.50. The van der Waals surface area contributed by atoms with Gasteiger partial charge < -0.3 is 5.73 Å². The Bertz CT molecular complexity index is 340. The molecule has 0 amide bonds. The van der Waals surface area contributed by atoms with Gasteiger partial charge in [0.2, 0.25) is 0 Å². The van der Waals surface area contributed by atoms with Crippen LogP contribution in [0.25, 0.3) is 0 Å². The largest absolute Gasteiger partial charge is 0.324 e. The molecule has 2 N–H and O–H groups in total. The van der Waals surface area contributed by atoms with Crippen molar-refractivity contribution in [3.05, 3.63) is 34.4 Å². The first-order chi connectivity index (χ1) is 6.59. The van der Waals surface area contributed by atoms with E-state index in [1.165, 1.54) is 0 Å². The van der Waals surface area contributed by atoms with Gasteiger partial charge in [0.25, 0.3) is 0 Å². The second-order valence-corrected chi connectivity index (χ2v) is 4.08. The topological polar surface area (TPSA) is 26.0 Å². The Kier molecular flexibility index (Phi) is 2.45. The molecule has 1 nitrogen and oxygen atoms in total. The third-order valence-electron chi connectivity index (χ3n) is 2.51. The summed E-state index contributed by atoms with van der Waals surface area (Å²) in [6.45, 7) is 0. The van der Waals surface area contributed by atoms with E-state index in [-0.39, 0.29) is 16.5 Å². The first-order valence-corrected chi connectivity index (χ1v) is 4.87. The lowest BCUT2D eigenvalue weighted by atomic mass is 10.0. The molecule has 0 aliphatic heterocycles. The monoisotopic (exact) mass is 217 g/mol. The zero-order valence-electron chi connectivity index (χ0n) is 7.43. The van der Waals surface area contributed by atoms with Crippen LogP contribution in [0.3, 0.4) is 0 Å². The van der Waals surface area contributed by atoms with Gasteiger partial charge in [0.15, 0.2) is 0 Å². The Morgan fingerprint density at radius 2 is 1.79 bits per heavy atom. The minimum absolute atomic E-state index is 0.0306. The van der Waals surface area contributed by atoms with E-state index in [9.17, 15) is 8.78 Å². The standard InChI is InChI=1S/C10H10ClF2N/c11-6-3-7(12)9(8(13)4-6)10(14)5-1-2-5/h3-5,10H,1-2,14H2/t10-/m0/s1. The average molecular weight is 218 g/mol. The fraction of sp³-hybridized carbons (Fsp3) is 0.400. The molecular formula is C10H10ClF2N. The number of hydrogen-bond acceptors (Lipinski definition) is 1. The molecule has 76 valence electrons. The van der Waals surface area contributed by atoms with Crippen LogP contribution in [-0.4, -0.2) is 0 Å². The maximum absolute atomic E-state index is 13.3. The number of rotatable bonds is 2. The average Bonchev–Trinajstić information content (AvgIpc) is 2.83. The van der Waals surface area contributed by atoms with Crippen LogP contribution in [-0.2, 0) is 0 Å². The van der Waals surface area contributed by atoms with Crippen LogP contribution in [0.5, 0.6) is 0 Å². The third kappa shape index (κ3) is 1.74. The van der Waals surface area contributed by atoms with Gasteiger partial charge in [-0.2, -0.15) is 0 Å². The lowest BCUT2D eigenvalue weighted by molar-refractivity contribution is 0.504. The van der Waals surface area contributed by atoms with Crippen molar-refractivity contribution < 1.29 is 8.78 Å². The molecule has 1 aromatic rings. The predicted molar refractivity (Wildman–Crippen MR) is 51.0 cm³/mol. The molecule has 0 bridgehead atoms. The summed E-state index contributed by atoms with van der Waals surface area (Å²) in [6.07, 6.45) is 1.89. The summed E-state index contributed by atoms with van der Waals surface area (Å²) in [6, 6.07) is 1.66. The van der Waals surface area contributed by atoms with Gasteiger partial charge in [-0.3, -0.25) is 0 Å².